The molecule has 0 radical (unpaired) electrons. The van der Waals surface area contributed by atoms with E-state index in [0.29, 0.717) is 6.04 Å². The van der Waals surface area contributed by atoms with Gasteiger partial charge in [-0.25, -0.2) is 0 Å². The second-order valence-electron chi connectivity index (χ2n) is 5.73. The summed E-state index contributed by atoms with van der Waals surface area (Å²) in [7, 11) is 0. The SMILES string of the molecule is CCCNC(Cc1ccc(Cl)s1)c1c(C)cc(C)cc1C. The van der Waals surface area contributed by atoms with Gasteiger partial charge in [-0.15, -0.1) is 11.3 Å². The Morgan fingerprint density at radius 2 is 1.81 bits per heavy atom. The number of thiophene rings is 1. The zero-order chi connectivity index (χ0) is 15.4. The predicted molar refractivity (Wildman–Crippen MR) is 94.7 cm³/mol. The molecule has 2 rings (SSSR count). The van der Waals surface area contributed by atoms with E-state index >= 15 is 0 Å². The minimum Gasteiger partial charge on any atom is -0.310 e. The standard InChI is InChI=1S/C18H24ClNS/c1-5-8-20-16(11-15-6-7-17(19)21-15)18-13(3)9-12(2)10-14(18)4/h6-7,9-10,16,20H,5,8,11H2,1-4H3. The number of rotatable bonds is 6. The molecular formula is C18H24ClNS. The third kappa shape index (κ3) is 4.32. The highest BCUT2D eigenvalue weighted by atomic mass is 35.5. The van der Waals surface area contributed by atoms with Crippen molar-refractivity contribution in [3.8, 4) is 0 Å². The van der Waals surface area contributed by atoms with Gasteiger partial charge in [0.05, 0.1) is 4.34 Å². The second kappa shape index (κ2) is 7.44. The van der Waals surface area contributed by atoms with E-state index in [-0.39, 0.29) is 0 Å². The van der Waals surface area contributed by atoms with E-state index in [1.807, 2.05) is 6.07 Å². The first-order valence-corrected chi connectivity index (χ1v) is 8.76. The molecule has 1 N–H and O–H groups in total. The third-order valence-electron chi connectivity index (χ3n) is 3.76. The topological polar surface area (TPSA) is 12.0 Å². The Balaban J connectivity index is 2.31. The highest BCUT2D eigenvalue weighted by Gasteiger charge is 2.17. The molecule has 21 heavy (non-hydrogen) atoms. The van der Waals surface area contributed by atoms with E-state index in [9.17, 15) is 0 Å². The Morgan fingerprint density at radius 3 is 2.33 bits per heavy atom. The summed E-state index contributed by atoms with van der Waals surface area (Å²) in [5, 5.41) is 3.71. The van der Waals surface area contributed by atoms with Gasteiger partial charge in [-0.2, -0.15) is 0 Å². The van der Waals surface area contributed by atoms with E-state index in [0.717, 1.165) is 23.7 Å². The number of halogens is 1. The van der Waals surface area contributed by atoms with Gasteiger partial charge in [0.15, 0.2) is 0 Å². The van der Waals surface area contributed by atoms with Crippen LogP contribution in [0.3, 0.4) is 0 Å². The maximum Gasteiger partial charge on any atom is 0.0931 e. The van der Waals surface area contributed by atoms with Crippen LogP contribution in [-0.4, -0.2) is 6.54 Å². The molecule has 0 fully saturated rings. The Hall–Kier alpha value is -0.830. The van der Waals surface area contributed by atoms with Gasteiger partial charge in [-0.3, -0.25) is 0 Å². The minimum atomic E-state index is 0.361. The summed E-state index contributed by atoms with van der Waals surface area (Å²) in [4.78, 5) is 1.34. The van der Waals surface area contributed by atoms with Crippen molar-refractivity contribution in [2.75, 3.05) is 6.54 Å². The summed E-state index contributed by atoms with van der Waals surface area (Å²) in [6.45, 7) is 9.85. The molecule has 0 saturated carbocycles. The third-order valence-corrected chi connectivity index (χ3v) is 5.01. The van der Waals surface area contributed by atoms with Crippen molar-refractivity contribution in [1.29, 1.82) is 0 Å². The van der Waals surface area contributed by atoms with Crippen LogP contribution < -0.4 is 5.32 Å². The smallest absolute Gasteiger partial charge is 0.0931 e. The van der Waals surface area contributed by atoms with Gasteiger partial charge >= 0.3 is 0 Å². The average molecular weight is 322 g/mol. The molecule has 1 atom stereocenters. The number of hydrogen-bond donors (Lipinski definition) is 1. The Morgan fingerprint density at radius 1 is 1.14 bits per heavy atom. The molecule has 0 aliphatic rings. The van der Waals surface area contributed by atoms with Crippen LogP contribution in [0.5, 0.6) is 0 Å². The van der Waals surface area contributed by atoms with E-state index in [1.165, 1.54) is 27.1 Å². The summed E-state index contributed by atoms with van der Waals surface area (Å²) in [5.74, 6) is 0. The predicted octanol–water partition coefficient (Wildman–Crippen LogP) is 5.61. The number of hydrogen-bond acceptors (Lipinski definition) is 2. The minimum absolute atomic E-state index is 0.361. The lowest BCUT2D eigenvalue weighted by atomic mass is 9.92. The normalized spacial score (nSPS) is 12.6. The van der Waals surface area contributed by atoms with Crippen LogP contribution in [0.1, 0.15) is 46.5 Å². The first-order chi connectivity index (χ1) is 10.0. The number of nitrogens with one attached hydrogen (secondary N) is 1. The van der Waals surface area contributed by atoms with Crippen LogP contribution in [0.15, 0.2) is 24.3 Å². The molecule has 0 bridgehead atoms. The summed E-state index contributed by atoms with van der Waals surface area (Å²) >= 11 is 7.76. The Kier molecular flexibility index (Phi) is 5.86. The quantitative estimate of drug-likeness (QED) is 0.729. The first-order valence-electron chi connectivity index (χ1n) is 7.56. The van der Waals surface area contributed by atoms with Crippen molar-refractivity contribution in [3.05, 3.63) is 55.7 Å². The molecule has 0 saturated heterocycles. The van der Waals surface area contributed by atoms with E-state index in [1.54, 1.807) is 11.3 Å². The van der Waals surface area contributed by atoms with Crippen LogP contribution in [0, 0.1) is 20.8 Å². The van der Waals surface area contributed by atoms with E-state index in [4.69, 9.17) is 11.6 Å². The average Bonchev–Trinajstić information content (AvgIpc) is 2.80. The number of aryl methyl sites for hydroxylation is 3. The molecule has 1 aromatic carbocycles. The van der Waals surface area contributed by atoms with Gasteiger partial charge < -0.3 is 5.32 Å². The molecule has 2 aromatic rings. The van der Waals surface area contributed by atoms with Crippen molar-refractivity contribution < 1.29 is 0 Å². The summed E-state index contributed by atoms with van der Waals surface area (Å²) in [6, 6.07) is 9.06. The van der Waals surface area contributed by atoms with Crippen LogP contribution in [0.25, 0.3) is 0 Å². The molecule has 114 valence electrons. The molecule has 1 nitrogen and oxygen atoms in total. The van der Waals surface area contributed by atoms with Crippen LogP contribution in [0.2, 0.25) is 4.34 Å². The van der Waals surface area contributed by atoms with Gasteiger partial charge in [0.25, 0.3) is 0 Å². The molecule has 0 spiro atoms. The fourth-order valence-electron chi connectivity index (χ4n) is 3.00. The van der Waals surface area contributed by atoms with Crippen LogP contribution in [0.4, 0.5) is 0 Å². The molecule has 1 aromatic heterocycles. The lowest BCUT2D eigenvalue weighted by Gasteiger charge is -2.23. The first kappa shape index (κ1) is 16.5. The van der Waals surface area contributed by atoms with Crippen LogP contribution >= 0.6 is 22.9 Å². The summed E-state index contributed by atoms with van der Waals surface area (Å²) in [6.07, 6.45) is 2.15. The van der Waals surface area contributed by atoms with Crippen LogP contribution in [-0.2, 0) is 6.42 Å². The number of benzene rings is 1. The molecule has 0 aliphatic heterocycles. The lowest BCUT2D eigenvalue weighted by Crippen LogP contribution is -2.25. The fraction of sp³-hybridized carbons (Fsp3) is 0.444. The highest BCUT2D eigenvalue weighted by molar-refractivity contribution is 7.16. The van der Waals surface area contributed by atoms with Crippen molar-refractivity contribution in [2.45, 2.75) is 46.6 Å². The monoisotopic (exact) mass is 321 g/mol. The highest BCUT2D eigenvalue weighted by Crippen LogP contribution is 2.30. The van der Waals surface area contributed by atoms with Gasteiger partial charge in [-0.1, -0.05) is 36.2 Å². The van der Waals surface area contributed by atoms with Crippen molar-refractivity contribution in [2.24, 2.45) is 0 Å². The molecule has 3 heteroatoms. The molecule has 1 unspecified atom stereocenters. The van der Waals surface area contributed by atoms with Gasteiger partial charge in [0.1, 0.15) is 0 Å². The van der Waals surface area contributed by atoms with E-state index < -0.39 is 0 Å². The van der Waals surface area contributed by atoms with Crippen molar-refractivity contribution >= 4 is 22.9 Å². The van der Waals surface area contributed by atoms with E-state index in [2.05, 4.69) is 51.2 Å². The van der Waals surface area contributed by atoms with Crippen molar-refractivity contribution in [3.63, 3.8) is 0 Å². The molecule has 0 aliphatic carbocycles. The molecular weight excluding hydrogens is 298 g/mol. The summed E-state index contributed by atoms with van der Waals surface area (Å²) < 4.78 is 0.872. The Labute approximate surface area is 137 Å². The molecule has 0 amide bonds. The second-order valence-corrected chi connectivity index (χ2v) is 7.53. The zero-order valence-electron chi connectivity index (χ0n) is 13.3. The largest absolute Gasteiger partial charge is 0.310 e. The maximum atomic E-state index is 6.08. The van der Waals surface area contributed by atoms with Gasteiger partial charge in [0, 0.05) is 17.3 Å². The van der Waals surface area contributed by atoms with Gasteiger partial charge in [0.2, 0.25) is 0 Å². The molecule has 1 heterocycles. The fourth-order valence-corrected chi connectivity index (χ4v) is 4.13. The summed E-state index contributed by atoms with van der Waals surface area (Å²) in [5.41, 5.74) is 5.54. The lowest BCUT2D eigenvalue weighted by molar-refractivity contribution is 0.528. The Bertz CT molecular complexity index is 580. The maximum absolute atomic E-state index is 6.08. The zero-order valence-corrected chi connectivity index (χ0v) is 14.9. The van der Waals surface area contributed by atoms with Crippen molar-refractivity contribution in [1.82, 2.24) is 5.32 Å². The van der Waals surface area contributed by atoms with Gasteiger partial charge in [-0.05, 0) is 62.6 Å².